The normalized spacial score (nSPS) is 10.4. The minimum Gasteiger partial charge on any atom is -0.493 e. The van der Waals surface area contributed by atoms with E-state index >= 15 is 0 Å². The van der Waals surface area contributed by atoms with Crippen LogP contribution in [-0.4, -0.2) is 19.6 Å². The van der Waals surface area contributed by atoms with Gasteiger partial charge in [0.05, 0.1) is 30.4 Å². The summed E-state index contributed by atoms with van der Waals surface area (Å²) in [6.07, 6.45) is 3.08. The zero-order chi connectivity index (χ0) is 18.9. The number of hydrogen-bond donors (Lipinski definition) is 1. The van der Waals surface area contributed by atoms with Crippen molar-refractivity contribution in [3.63, 3.8) is 0 Å². The second-order valence-electron chi connectivity index (χ2n) is 5.33. The Balaban J connectivity index is 2.00. The number of halogens is 1. The van der Waals surface area contributed by atoms with Crippen molar-refractivity contribution in [1.29, 1.82) is 5.26 Å². The molecule has 0 radical (unpaired) electrons. The van der Waals surface area contributed by atoms with Gasteiger partial charge in [-0.15, -0.1) is 0 Å². The molecule has 26 heavy (non-hydrogen) atoms. The smallest absolute Gasteiger partial charge is 0.244 e. The van der Waals surface area contributed by atoms with Gasteiger partial charge in [-0.1, -0.05) is 23.7 Å². The Bertz CT molecular complexity index is 839. The average Bonchev–Trinajstić information content (AvgIpc) is 2.66. The van der Waals surface area contributed by atoms with Crippen molar-refractivity contribution in [3.05, 3.63) is 64.2 Å². The average molecular weight is 371 g/mol. The molecule has 0 aliphatic carbocycles. The number of carbonyl (C=O) groups excluding carboxylic acids is 1. The summed E-state index contributed by atoms with van der Waals surface area (Å²) in [6, 6.07) is 12.6. The maximum Gasteiger partial charge on any atom is 0.244 e. The molecule has 0 unspecified atom stereocenters. The summed E-state index contributed by atoms with van der Waals surface area (Å²) in [4.78, 5) is 12.0. The van der Waals surface area contributed by atoms with E-state index in [2.05, 4.69) is 11.4 Å². The van der Waals surface area contributed by atoms with Crippen LogP contribution in [0.1, 0.15) is 23.6 Å². The van der Waals surface area contributed by atoms with Crippen LogP contribution in [0.25, 0.3) is 6.08 Å². The van der Waals surface area contributed by atoms with Crippen LogP contribution < -0.4 is 14.8 Å². The molecule has 2 rings (SSSR count). The van der Waals surface area contributed by atoms with E-state index in [9.17, 15) is 4.79 Å². The first kappa shape index (κ1) is 19.4. The molecule has 134 valence electrons. The number of rotatable bonds is 7. The van der Waals surface area contributed by atoms with Gasteiger partial charge in [0.15, 0.2) is 11.5 Å². The van der Waals surface area contributed by atoms with Gasteiger partial charge in [0, 0.05) is 12.6 Å². The lowest BCUT2D eigenvalue weighted by molar-refractivity contribution is -0.116. The van der Waals surface area contributed by atoms with Gasteiger partial charge in [0.1, 0.15) is 0 Å². The fraction of sp³-hybridized carbons (Fsp3) is 0.200. The van der Waals surface area contributed by atoms with Crippen molar-refractivity contribution in [1.82, 2.24) is 5.32 Å². The van der Waals surface area contributed by atoms with E-state index in [4.69, 9.17) is 26.3 Å². The zero-order valence-electron chi connectivity index (χ0n) is 14.6. The third-order valence-corrected chi connectivity index (χ3v) is 3.80. The Kier molecular flexibility index (Phi) is 7.07. The van der Waals surface area contributed by atoms with Crippen molar-refractivity contribution < 1.29 is 14.3 Å². The second-order valence-corrected chi connectivity index (χ2v) is 5.73. The van der Waals surface area contributed by atoms with E-state index in [-0.39, 0.29) is 5.91 Å². The van der Waals surface area contributed by atoms with Crippen LogP contribution in [0.15, 0.2) is 42.5 Å². The molecule has 0 spiro atoms. The van der Waals surface area contributed by atoms with E-state index < -0.39 is 0 Å². The largest absolute Gasteiger partial charge is 0.493 e. The van der Waals surface area contributed by atoms with Gasteiger partial charge in [-0.05, 0) is 48.4 Å². The highest BCUT2D eigenvalue weighted by Crippen LogP contribution is 2.36. The number of benzene rings is 2. The lowest BCUT2D eigenvalue weighted by atomic mass is 10.1. The standard InChI is InChI=1S/C20H19ClN2O3/c1-3-26-20-17(21)10-16(11-18(20)25-2)8-9-19(24)23-13-15-6-4-14(12-22)5-7-15/h4-11H,3,13H2,1-2H3,(H,23,24)/b9-8+. The Morgan fingerprint density at radius 1 is 1.31 bits per heavy atom. The lowest BCUT2D eigenvalue weighted by Gasteiger charge is -2.11. The van der Waals surface area contributed by atoms with Crippen LogP contribution >= 0.6 is 11.6 Å². The molecule has 0 bridgehead atoms. The number of nitrogens with one attached hydrogen (secondary N) is 1. The van der Waals surface area contributed by atoms with E-state index in [0.29, 0.717) is 35.2 Å². The van der Waals surface area contributed by atoms with Crippen molar-refractivity contribution in [2.75, 3.05) is 13.7 Å². The SMILES string of the molecule is CCOc1c(Cl)cc(/C=C/C(=O)NCc2ccc(C#N)cc2)cc1OC. The molecule has 0 aliphatic heterocycles. The van der Waals surface area contributed by atoms with Crippen LogP contribution in [0.3, 0.4) is 0 Å². The van der Waals surface area contributed by atoms with Gasteiger partial charge in [0.2, 0.25) is 5.91 Å². The van der Waals surface area contributed by atoms with Crippen LogP contribution in [0.4, 0.5) is 0 Å². The van der Waals surface area contributed by atoms with Crippen LogP contribution in [0, 0.1) is 11.3 Å². The van der Waals surface area contributed by atoms with Crippen molar-refractivity contribution in [3.8, 4) is 17.6 Å². The summed E-state index contributed by atoms with van der Waals surface area (Å²) in [7, 11) is 1.53. The minimum absolute atomic E-state index is 0.238. The Hall–Kier alpha value is -2.97. The number of hydrogen-bond acceptors (Lipinski definition) is 4. The molecule has 0 heterocycles. The quantitative estimate of drug-likeness (QED) is 0.749. The number of carbonyl (C=O) groups is 1. The summed E-state index contributed by atoms with van der Waals surface area (Å²) < 4.78 is 10.7. The first-order chi connectivity index (χ1) is 12.6. The summed E-state index contributed by atoms with van der Waals surface area (Å²) >= 11 is 6.21. The van der Waals surface area contributed by atoms with E-state index in [0.717, 1.165) is 11.1 Å². The van der Waals surface area contributed by atoms with Gasteiger partial charge >= 0.3 is 0 Å². The molecule has 0 aliphatic rings. The Labute approximate surface area is 157 Å². The third-order valence-electron chi connectivity index (χ3n) is 3.52. The summed E-state index contributed by atoms with van der Waals surface area (Å²) in [5.41, 5.74) is 2.22. The molecule has 1 N–H and O–H groups in total. The first-order valence-corrected chi connectivity index (χ1v) is 8.40. The minimum atomic E-state index is -0.238. The molecule has 2 aromatic rings. The molecule has 0 fully saturated rings. The van der Waals surface area contributed by atoms with Gasteiger partial charge in [0.25, 0.3) is 0 Å². The molecule has 1 amide bonds. The molecule has 6 heteroatoms. The second kappa shape index (κ2) is 9.50. The van der Waals surface area contributed by atoms with E-state index in [1.54, 1.807) is 42.5 Å². The van der Waals surface area contributed by atoms with Crippen molar-refractivity contribution in [2.45, 2.75) is 13.5 Å². The van der Waals surface area contributed by atoms with Gasteiger partial charge in [-0.25, -0.2) is 0 Å². The number of methoxy groups -OCH3 is 1. The molecule has 0 aromatic heterocycles. The number of nitrogens with zero attached hydrogens (tertiary/aromatic N) is 1. The summed E-state index contributed by atoms with van der Waals surface area (Å²) in [5, 5.41) is 12.0. The molecule has 0 saturated heterocycles. The summed E-state index contributed by atoms with van der Waals surface area (Å²) in [5.74, 6) is 0.759. The topological polar surface area (TPSA) is 71.3 Å². The van der Waals surface area contributed by atoms with E-state index in [1.165, 1.54) is 13.2 Å². The van der Waals surface area contributed by atoms with Gasteiger partial charge in [-0.3, -0.25) is 4.79 Å². The fourth-order valence-electron chi connectivity index (χ4n) is 2.24. The molecule has 0 saturated carbocycles. The zero-order valence-corrected chi connectivity index (χ0v) is 15.3. The molecule has 5 nitrogen and oxygen atoms in total. The molecule has 2 aromatic carbocycles. The lowest BCUT2D eigenvalue weighted by Crippen LogP contribution is -2.20. The first-order valence-electron chi connectivity index (χ1n) is 8.02. The van der Waals surface area contributed by atoms with Gasteiger partial charge < -0.3 is 14.8 Å². The Morgan fingerprint density at radius 3 is 2.65 bits per heavy atom. The maximum absolute atomic E-state index is 12.0. The summed E-state index contributed by atoms with van der Waals surface area (Å²) in [6.45, 7) is 2.72. The highest BCUT2D eigenvalue weighted by atomic mass is 35.5. The Morgan fingerprint density at radius 2 is 2.04 bits per heavy atom. The highest BCUT2D eigenvalue weighted by molar-refractivity contribution is 6.32. The van der Waals surface area contributed by atoms with Gasteiger partial charge in [-0.2, -0.15) is 5.26 Å². The predicted molar refractivity (Wildman–Crippen MR) is 101 cm³/mol. The molecular weight excluding hydrogens is 352 g/mol. The predicted octanol–water partition coefficient (Wildman–Crippen LogP) is 3.95. The number of ether oxygens (including phenoxy) is 2. The number of nitriles is 1. The van der Waals surface area contributed by atoms with Crippen LogP contribution in [0.2, 0.25) is 5.02 Å². The molecular formula is C20H19ClN2O3. The maximum atomic E-state index is 12.0. The monoisotopic (exact) mass is 370 g/mol. The van der Waals surface area contributed by atoms with Crippen molar-refractivity contribution in [2.24, 2.45) is 0 Å². The van der Waals surface area contributed by atoms with Crippen LogP contribution in [-0.2, 0) is 11.3 Å². The van der Waals surface area contributed by atoms with Crippen molar-refractivity contribution >= 4 is 23.6 Å². The van der Waals surface area contributed by atoms with Crippen LogP contribution in [0.5, 0.6) is 11.5 Å². The number of amides is 1. The highest BCUT2D eigenvalue weighted by Gasteiger charge is 2.10. The molecule has 0 atom stereocenters. The fourth-order valence-corrected chi connectivity index (χ4v) is 2.51. The third kappa shape index (κ3) is 5.27. The van der Waals surface area contributed by atoms with E-state index in [1.807, 2.05) is 6.92 Å².